The molecule has 1 aromatic rings. The van der Waals surface area contributed by atoms with Crippen LogP contribution in [0.5, 0.6) is 0 Å². The van der Waals surface area contributed by atoms with Gasteiger partial charge in [-0.3, -0.25) is 4.99 Å². The molecule has 0 amide bonds. The first-order valence-corrected chi connectivity index (χ1v) is 8.73. The zero-order valence-electron chi connectivity index (χ0n) is 12.3. The molecule has 0 aliphatic rings. The number of benzene rings is 1. The van der Waals surface area contributed by atoms with E-state index in [0.29, 0.717) is 11.0 Å². The van der Waals surface area contributed by atoms with Crippen LogP contribution in [-0.4, -0.2) is 31.6 Å². The van der Waals surface area contributed by atoms with Crippen molar-refractivity contribution in [1.82, 2.24) is 10.6 Å². The summed E-state index contributed by atoms with van der Waals surface area (Å²) in [5, 5.41) is 6.43. The van der Waals surface area contributed by atoms with Gasteiger partial charge in [-0.15, -0.1) is 24.0 Å². The van der Waals surface area contributed by atoms with Gasteiger partial charge in [0.25, 0.3) is 0 Å². The van der Waals surface area contributed by atoms with Gasteiger partial charge in [-0.05, 0) is 58.5 Å². The van der Waals surface area contributed by atoms with E-state index < -0.39 is 0 Å². The Kier molecular flexibility index (Phi) is 12.5. The fraction of sp³-hybridized carbons (Fsp3) is 0.500. The molecule has 0 atom stereocenters. The molecular formula is C14H22BrFIN3S. The van der Waals surface area contributed by atoms with E-state index in [1.54, 1.807) is 13.1 Å². The lowest BCUT2D eigenvalue weighted by molar-refractivity contribution is 0.617. The highest BCUT2D eigenvalue weighted by atomic mass is 127. The van der Waals surface area contributed by atoms with E-state index in [4.69, 9.17) is 0 Å². The first-order chi connectivity index (χ1) is 9.67. The fourth-order valence-electron chi connectivity index (χ4n) is 1.63. The van der Waals surface area contributed by atoms with Crippen molar-refractivity contribution in [3.63, 3.8) is 0 Å². The topological polar surface area (TPSA) is 36.4 Å². The predicted octanol–water partition coefficient (Wildman–Crippen LogP) is 4.01. The van der Waals surface area contributed by atoms with Crippen molar-refractivity contribution >= 4 is 57.6 Å². The zero-order chi connectivity index (χ0) is 14.8. The first-order valence-electron chi connectivity index (χ1n) is 6.54. The quantitative estimate of drug-likeness (QED) is 0.263. The van der Waals surface area contributed by atoms with Crippen LogP contribution in [0.25, 0.3) is 0 Å². The van der Waals surface area contributed by atoms with E-state index in [1.165, 1.54) is 18.2 Å². The van der Waals surface area contributed by atoms with E-state index in [2.05, 4.69) is 37.8 Å². The maximum atomic E-state index is 13.4. The summed E-state index contributed by atoms with van der Waals surface area (Å²) in [5.41, 5.74) is 0.885. The van der Waals surface area contributed by atoms with Crippen LogP contribution in [0.15, 0.2) is 27.7 Å². The average molecular weight is 490 g/mol. The number of aliphatic imine (C=N–C) groups is 1. The number of nitrogens with one attached hydrogen (secondary N) is 2. The molecule has 0 unspecified atom stereocenters. The number of unbranched alkanes of at least 4 members (excludes halogenated alkanes) is 1. The maximum absolute atomic E-state index is 13.4. The zero-order valence-corrected chi connectivity index (χ0v) is 17.0. The summed E-state index contributed by atoms with van der Waals surface area (Å²) in [7, 11) is 1.74. The van der Waals surface area contributed by atoms with Crippen LogP contribution in [0.3, 0.4) is 0 Å². The third-order valence-electron chi connectivity index (χ3n) is 2.74. The monoisotopic (exact) mass is 489 g/mol. The fourth-order valence-corrected chi connectivity index (χ4v) is 2.37. The molecule has 120 valence electrons. The smallest absolute Gasteiger partial charge is 0.191 e. The van der Waals surface area contributed by atoms with E-state index in [9.17, 15) is 4.39 Å². The molecule has 0 saturated heterocycles. The number of nitrogens with zero attached hydrogens (tertiary/aromatic N) is 1. The van der Waals surface area contributed by atoms with Crippen LogP contribution >= 0.6 is 51.7 Å². The van der Waals surface area contributed by atoms with Crippen molar-refractivity contribution in [1.29, 1.82) is 0 Å². The highest BCUT2D eigenvalue weighted by Crippen LogP contribution is 2.16. The number of halogens is 3. The summed E-state index contributed by atoms with van der Waals surface area (Å²) in [6, 6.07) is 5.11. The SMILES string of the molecule is CN=C(NCCCCSC)NCc1ccc(Br)c(F)c1.I. The van der Waals surface area contributed by atoms with Gasteiger partial charge in [0, 0.05) is 20.1 Å². The van der Waals surface area contributed by atoms with Crippen LogP contribution in [0, 0.1) is 5.82 Å². The first kappa shape index (κ1) is 21.0. The molecular weight excluding hydrogens is 468 g/mol. The van der Waals surface area contributed by atoms with Crippen LogP contribution in [-0.2, 0) is 6.54 Å². The molecule has 0 aliphatic carbocycles. The molecule has 0 saturated carbocycles. The molecule has 1 rings (SSSR count). The predicted molar refractivity (Wildman–Crippen MR) is 105 cm³/mol. The van der Waals surface area contributed by atoms with Gasteiger partial charge in [-0.1, -0.05) is 6.07 Å². The minimum absolute atomic E-state index is 0. The number of hydrogen-bond donors (Lipinski definition) is 2. The largest absolute Gasteiger partial charge is 0.356 e. The summed E-state index contributed by atoms with van der Waals surface area (Å²) >= 11 is 5.01. The second kappa shape index (κ2) is 12.5. The summed E-state index contributed by atoms with van der Waals surface area (Å²) in [4.78, 5) is 4.15. The molecule has 0 aliphatic heterocycles. The summed E-state index contributed by atoms with van der Waals surface area (Å²) < 4.78 is 13.9. The summed E-state index contributed by atoms with van der Waals surface area (Å²) in [6.07, 6.45) is 4.43. The van der Waals surface area contributed by atoms with Crippen LogP contribution in [0.2, 0.25) is 0 Å². The molecule has 0 heterocycles. The molecule has 21 heavy (non-hydrogen) atoms. The van der Waals surface area contributed by atoms with Crippen molar-refractivity contribution in [3.05, 3.63) is 34.1 Å². The lowest BCUT2D eigenvalue weighted by atomic mass is 10.2. The molecule has 0 fully saturated rings. The number of hydrogen-bond acceptors (Lipinski definition) is 2. The van der Waals surface area contributed by atoms with Crippen molar-refractivity contribution in [2.24, 2.45) is 4.99 Å². The Morgan fingerprint density at radius 3 is 2.71 bits per heavy atom. The van der Waals surface area contributed by atoms with Gasteiger partial charge < -0.3 is 10.6 Å². The molecule has 0 bridgehead atoms. The van der Waals surface area contributed by atoms with E-state index >= 15 is 0 Å². The summed E-state index contributed by atoms with van der Waals surface area (Å²) in [5.74, 6) is 1.69. The van der Waals surface area contributed by atoms with Gasteiger partial charge in [0.05, 0.1) is 4.47 Å². The standard InChI is InChI=1S/C14H21BrFN3S.HI/c1-17-14(18-7-3-4-8-20-2)19-10-11-5-6-12(15)13(16)9-11;/h5-6,9H,3-4,7-8,10H2,1-2H3,(H2,17,18,19);1H. The van der Waals surface area contributed by atoms with Gasteiger partial charge >= 0.3 is 0 Å². The van der Waals surface area contributed by atoms with E-state index in [-0.39, 0.29) is 29.8 Å². The normalized spacial score (nSPS) is 11.0. The van der Waals surface area contributed by atoms with Crippen molar-refractivity contribution in [2.45, 2.75) is 19.4 Å². The number of guanidine groups is 1. The minimum Gasteiger partial charge on any atom is -0.356 e. The third kappa shape index (κ3) is 8.87. The number of rotatable bonds is 7. The van der Waals surface area contributed by atoms with Gasteiger partial charge in [0.15, 0.2) is 5.96 Å². The Morgan fingerprint density at radius 1 is 1.33 bits per heavy atom. The Morgan fingerprint density at radius 2 is 2.10 bits per heavy atom. The van der Waals surface area contributed by atoms with Crippen molar-refractivity contribution < 1.29 is 4.39 Å². The van der Waals surface area contributed by atoms with Crippen LogP contribution in [0.4, 0.5) is 4.39 Å². The van der Waals surface area contributed by atoms with E-state index in [0.717, 1.165) is 24.5 Å². The van der Waals surface area contributed by atoms with Crippen molar-refractivity contribution in [2.75, 3.05) is 25.6 Å². The molecule has 7 heteroatoms. The molecule has 3 nitrogen and oxygen atoms in total. The second-order valence-electron chi connectivity index (χ2n) is 4.30. The van der Waals surface area contributed by atoms with Gasteiger partial charge in [0.2, 0.25) is 0 Å². The van der Waals surface area contributed by atoms with E-state index in [1.807, 2.05) is 17.8 Å². The molecule has 1 aromatic carbocycles. The third-order valence-corrected chi connectivity index (χ3v) is 4.08. The minimum atomic E-state index is -0.246. The lowest BCUT2D eigenvalue weighted by Gasteiger charge is -2.12. The van der Waals surface area contributed by atoms with Gasteiger partial charge in [-0.2, -0.15) is 11.8 Å². The molecule has 2 N–H and O–H groups in total. The number of thioether (sulfide) groups is 1. The highest BCUT2D eigenvalue weighted by Gasteiger charge is 2.02. The Hall–Kier alpha value is -0.0200. The average Bonchev–Trinajstić information content (AvgIpc) is 2.45. The molecule has 0 spiro atoms. The van der Waals surface area contributed by atoms with Crippen LogP contribution < -0.4 is 10.6 Å². The molecule has 0 radical (unpaired) electrons. The summed E-state index contributed by atoms with van der Waals surface area (Å²) in [6.45, 7) is 1.45. The highest BCUT2D eigenvalue weighted by molar-refractivity contribution is 14.0. The molecule has 0 aromatic heterocycles. The lowest BCUT2D eigenvalue weighted by Crippen LogP contribution is -2.37. The second-order valence-corrected chi connectivity index (χ2v) is 6.14. The Labute approximate surface area is 156 Å². The van der Waals surface area contributed by atoms with Crippen molar-refractivity contribution in [3.8, 4) is 0 Å². The Bertz CT molecular complexity index is 446. The maximum Gasteiger partial charge on any atom is 0.191 e. The Balaban J connectivity index is 0.00000400. The van der Waals surface area contributed by atoms with Crippen LogP contribution in [0.1, 0.15) is 18.4 Å². The van der Waals surface area contributed by atoms with Gasteiger partial charge in [0.1, 0.15) is 5.82 Å². The van der Waals surface area contributed by atoms with Gasteiger partial charge in [-0.25, -0.2) is 4.39 Å².